The zero-order valence-electron chi connectivity index (χ0n) is 26.1. The topological polar surface area (TPSA) is 159 Å². The number of nitrogens with zero attached hydrogens (tertiary/aromatic N) is 2. The van der Waals surface area contributed by atoms with Gasteiger partial charge in [-0.3, -0.25) is 14.4 Å². The van der Waals surface area contributed by atoms with Gasteiger partial charge in [-0.05, 0) is 44.6 Å². The standard InChI is InChI=1S/C30H46ClN5O7/c1-29(2,3)24(35-28(41)43-30(4,5)6)27(40)36-16-19(42-22-12-11-18(31)15-33-22)14-21(36)25(38)34-20(13-17-9-8-10-17)23(37)26(39)32-7/h11-12,15,17,19-21,23-24,37H,8-10,13-14,16H2,1-7H3,(H,32,39)(H,34,38)(H,35,41)/t19-,20+,21+,23?,24-/m1/s1. The molecule has 240 valence electrons. The van der Waals surface area contributed by atoms with Crippen molar-refractivity contribution in [1.29, 1.82) is 0 Å². The highest BCUT2D eigenvalue weighted by atomic mass is 35.5. The van der Waals surface area contributed by atoms with Gasteiger partial charge in [-0.15, -0.1) is 0 Å². The van der Waals surface area contributed by atoms with Crippen LogP contribution in [-0.4, -0.2) is 88.3 Å². The summed E-state index contributed by atoms with van der Waals surface area (Å²) in [4.78, 5) is 58.6. The fourth-order valence-electron chi connectivity index (χ4n) is 5.18. The number of halogens is 1. The maximum atomic E-state index is 14.1. The molecule has 12 nitrogen and oxygen atoms in total. The van der Waals surface area contributed by atoms with Gasteiger partial charge in [0.15, 0.2) is 6.10 Å². The van der Waals surface area contributed by atoms with Crippen LogP contribution in [0.3, 0.4) is 0 Å². The number of carbonyl (C=O) groups excluding carboxylic acids is 4. The molecule has 1 aliphatic carbocycles. The predicted molar refractivity (Wildman–Crippen MR) is 160 cm³/mol. The molecule has 1 saturated heterocycles. The minimum atomic E-state index is -1.46. The van der Waals surface area contributed by atoms with E-state index < -0.39 is 65.2 Å². The van der Waals surface area contributed by atoms with Crippen molar-refractivity contribution >= 4 is 35.4 Å². The largest absolute Gasteiger partial charge is 0.472 e. The molecule has 2 fully saturated rings. The number of hydrogen-bond acceptors (Lipinski definition) is 8. The average molecular weight is 624 g/mol. The van der Waals surface area contributed by atoms with Crippen LogP contribution in [0.4, 0.5) is 4.79 Å². The summed E-state index contributed by atoms with van der Waals surface area (Å²) >= 11 is 5.96. The first-order valence-electron chi connectivity index (χ1n) is 14.8. The Morgan fingerprint density at radius 2 is 1.79 bits per heavy atom. The number of aliphatic hydroxyl groups excluding tert-OH is 1. The van der Waals surface area contributed by atoms with Crippen LogP contribution in [0.5, 0.6) is 5.88 Å². The van der Waals surface area contributed by atoms with Crippen LogP contribution < -0.4 is 20.7 Å². The molecule has 1 aromatic rings. The Kier molecular flexibility index (Phi) is 11.3. The lowest BCUT2D eigenvalue weighted by Crippen LogP contribution is -2.60. The Hall–Kier alpha value is -3.12. The molecule has 1 aromatic heterocycles. The van der Waals surface area contributed by atoms with Gasteiger partial charge < -0.3 is 35.4 Å². The Morgan fingerprint density at radius 3 is 2.30 bits per heavy atom. The molecule has 0 aromatic carbocycles. The fraction of sp³-hybridized carbons (Fsp3) is 0.700. The molecule has 4 N–H and O–H groups in total. The Morgan fingerprint density at radius 1 is 1.12 bits per heavy atom. The van der Waals surface area contributed by atoms with Gasteiger partial charge in [0.1, 0.15) is 23.8 Å². The van der Waals surface area contributed by atoms with E-state index >= 15 is 0 Å². The molecule has 3 rings (SSSR count). The van der Waals surface area contributed by atoms with Crippen molar-refractivity contribution in [3.63, 3.8) is 0 Å². The summed E-state index contributed by atoms with van der Waals surface area (Å²) < 4.78 is 11.4. The summed E-state index contributed by atoms with van der Waals surface area (Å²) in [5.41, 5.74) is -1.52. The zero-order valence-corrected chi connectivity index (χ0v) is 26.9. The van der Waals surface area contributed by atoms with E-state index in [0.717, 1.165) is 19.3 Å². The molecule has 2 heterocycles. The summed E-state index contributed by atoms with van der Waals surface area (Å²) in [6.45, 7) is 10.6. The van der Waals surface area contributed by atoms with Crippen molar-refractivity contribution in [2.24, 2.45) is 11.3 Å². The number of rotatable bonds is 10. The molecule has 1 unspecified atom stereocenters. The van der Waals surface area contributed by atoms with E-state index in [2.05, 4.69) is 20.9 Å². The second kappa shape index (κ2) is 14.1. The third kappa shape index (κ3) is 9.69. The number of ether oxygens (including phenoxy) is 2. The van der Waals surface area contributed by atoms with Crippen LogP contribution in [0.1, 0.15) is 73.6 Å². The van der Waals surface area contributed by atoms with Crippen molar-refractivity contribution in [2.75, 3.05) is 13.6 Å². The number of likely N-dealkylation sites (tertiary alicyclic amines) is 1. The summed E-state index contributed by atoms with van der Waals surface area (Å²) in [7, 11) is 1.42. The summed E-state index contributed by atoms with van der Waals surface area (Å²) in [5.74, 6) is -1.06. The summed E-state index contributed by atoms with van der Waals surface area (Å²) in [6.07, 6.45) is 2.13. The maximum absolute atomic E-state index is 14.1. The van der Waals surface area contributed by atoms with Crippen molar-refractivity contribution in [3.05, 3.63) is 23.4 Å². The second-order valence-electron chi connectivity index (χ2n) is 13.4. The van der Waals surface area contributed by atoms with Crippen molar-refractivity contribution in [3.8, 4) is 5.88 Å². The molecular formula is C30H46ClN5O7. The summed E-state index contributed by atoms with van der Waals surface area (Å²) in [5, 5.41) is 19.2. The van der Waals surface area contributed by atoms with Gasteiger partial charge in [-0.25, -0.2) is 9.78 Å². The van der Waals surface area contributed by atoms with Gasteiger partial charge in [0, 0.05) is 25.7 Å². The minimum Gasteiger partial charge on any atom is -0.472 e. The number of aromatic nitrogens is 1. The molecular weight excluding hydrogens is 578 g/mol. The summed E-state index contributed by atoms with van der Waals surface area (Å²) in [6, 6.07) is 0.338. The van der Waals surface area contributed by atoms with E-state index in [1.165, 1.54) is 18.1 Å². The number of pyridine rings is 1. The van der Waals surface area contributed by atoms with Gasteiger partial charge in [0.25, 0.3) is 5.91 Å². The monoisotopic (exact) mass is 623 g/mol. The van der Waals surface area contributed by atoms with E-state index in [-0.39, 0.29) is 24.8 Å². The number of amides is 4. The highest BCUT2D eigenvalue weighted by Gasteiger charge is 2.47. The van der Waals surface area contributed by atoms with E-state index in [9.17, 15) is 24.3 Å². The van der Waals surface area contributed by atoms with Crippen LogP contribution in [0.2, 0.25) is 5.02 Å². The number of aliphatic hydroxyl groups is 1. The SMILES string of the molecule is CNC(=O)C(O)[C@H](CC1CCC1)NC(=O)[C@@H]1C[C@@H](Oc2ccc(Cl)cn2)CN1C(=O)[C@@H](NC(=O)OC(C)(C)C)C(C)(C)C. The Labute approximate surface area is 258 Å². The number of likely N-dealkylation sites (N-methyl/N-ethyl adjacent to an activating group) is 1. The van der Waals surface area contributed by atoms with Crippen molar-refractivity contribution in [1.82, 2.24) is 25.8 Å². The third-order valence-electron chi connectivity index (χ3n) is 7.65. The van der Waals surface area contributed by atoms with Crippen LogP contribution in [0.15, 0.2) is 18.3 Å². The molecule has 0 bridgehead atoms. The van der Waals surface area contributed by atoms with Gasteiger partial charge >= 0.3 is 6.09 Å². The molecule has 43 heavy (non-hydrogen) atoms. The van der Waals surface area contributed by atoms with Gasteiger partial charge in [-0.2, -0.15) is 0 Å². The van der Waals surface area contributed by atoms with Crippen LogP contribution in [0, 0.1) is 11.3 Å². The van der Waals surface area contributed by atoms with Crippen LogP contribution in [-0.2, 0) is 19.1 Å². The van der Waals surface area contributed by atoms with Gasteiger partial charge in [0.05, 0.1) is 17.6 Å². The fourth-order valence-corrected chi connectivity index (χ4v) is 5.29. The minimum absolute atomic E-state index is 0.0368. The molecule has 2 aliphatic rings. The highest BCUT2D eigenvalue weighted by Crippen LogP contribution is 2.32. The first kappa shape index (κ1) is 34.4. The number of alkyl carbamates (subject to hydrolysis) is 1. The number of hydrogen-bond donors (Lipinski definition) is 4. The van der Waals surface area contributed by atoms with E-state index in [4.69, 9.17) is 21.1 Å². The van der Waals surface area contributed by atoms with E-state index in [1.807, 2.05) is 0 Å². The second-order valence-corrected chi connectivity index (χ2v) is 13.9. The van der Waals surface area contributed by atoms with E-state index in [0.29, 0.717) is 11.4 Å². The zero-order chi connectivity index (χ0) is 32.1. The van der Waals surface area contributed by atoms with Gasteiger partial charge in [0.2, 0.25) is 17.7 Å². The first-order valence-corrected chi connectivity index (χ1v) is 15.1. The molecule has 0 spiro atoms. The van der Waals surface area contributed by atoms with E-state index in [1.54, 1.807) is 53.7 Å². The Balaban J connectivity index is 1.88. The smallest absolute Gasteiger partial charge is 0.408 e. The van der Waals surface area contributed by atoms with Crippen molar-refractivity contribution < 1.29 is 33.8 Å². The lowest BCUT2D eigenvalue weighted by Gasteiger charge is -2.36. The molecule has 0 radical (unpaired) electrons. The molecule has 5 atom stereocenters. The predicted octanol–water partition coefficient (Wildman–Crippen LogP) is 2.80. The third-order valence-corrected chi connectivity index (χ3v) is 7.87. The van der Waals surface area contributed by atoms with Crippen LogP contribution >= 0.6 is 11.6 Å². The molecule has 1 aliphatic heterocycles. The maximum Gasteiger partial charge on any atom is 0.408 e. The van der Waals surface area contributed by atoms with Crippen LogP contribution in [0.25, 0.3) is 0 Å². The first-order chi connectivity index (χ1) is 20.0. The number of nitrogens with one attached hydrogen (secondary N) is 3. The normalized spacial score (nSPS) is 21.2. The lowest BCUT2D eigenvalue weighted by atomic mass is 9.79. The number of carbonyl (C=O) groups is 4. The Bertz CT molecular complexity index is 1150. The van der Waals surface area contributed by atoms with Crippen molar-refractivity contribution in [2.45, 2.75) is 110 Å². The average Bonchev–Trinajstić information content (AvgIpc) is 3.30. The highest BCUT2D eigenvalue weighted by molar-refractivity contribution is 6.30. The quantitative estimate of drug-likeness (QED) is 0.310. The lowest BCUT2D eigenvalue weighted by molar-refractivity contribution is -0.143. The van der Waals surface area contributed by atoms with Gasteiger partial charge in [-0.1, -0.05) is 51.6 Å². The molecule has 13 heteroatoms. The molecule has 1 saturated carbocycles. The molecule has 4 amide bonds.